The molecule has 0 atom stereocenters. The first-order valence-electron chi connectivity index (χ1n) is 22.2. The van der Waals surface area contributed by atoms with Gasteiger partial charge in [-0.05, 0) is 101 Å². The van der Waals surface area contributed by atoms with Gasteiger partial charge in [-0.25, -0.2) is 22.4 Å². The fourth-order valence-corrected chi connectivity index (χ4v) is 10.8. The van der Waals surface area contributed by atoms with Crippen LogP contribution in [0.1, 0.15) is 17.5 Å². The fourth-order valence-electron chi connectivity index (χ4n) is 7.27. The van der Waals surface area contributed by atoms with Crippen LogP contribution in [-0.2, 0) is 58.8 Å². The van der Waals surface area contributed by atoms with Gasteiger partial charge in [0.05, 0.1) is 77.7 Å². The monoisotopic (exact) mass is 1200 g/mol. The van der Waals surface area contributed by atoms with Gasteiger partial charge in [-0.15, -0.1) is 29.8 Å². The number of nitrogens with zero attached hydrogens (tertiary/aromatic N) is 8. The number of benzene rings is 5. The number of fused-ring (bicyclic) bond motifs is 1. The zero-order valence-electron chi connectivity index (χ0n) is 41.2. The Hall–Kier alpha value is -8.14. The first-order chi connectivity index (χ1) is 37.6. The molecule has 0 bridgehead atoms. The summed E-state index contributed by atoms with van der Waals surface area (Å²) in [5, 5.41) is 57.8. The molecule has 0 saturated carbocycles. The van der Waals surface area contributed by atoms with Crippen LogP contribution in [0.4, 0.5) is 57.4 Å². The van der Waals surface area contributed by atoms with Crippen molar-refractivity contribution in [2.45, 2.75) is 39.9 Å². The molecule has 80 heavy (non-hydrogen) atoms. The van der Waals surface area contributed by atoms with Crippen LogP contribution >= 0.6 is 12.0 Å². The number of methoxy groups -OCH3 is 1. The van der Waals surface area contributed by atoms with Crippen molar-refractivity contribution in [2.24, 2.45) is 20.5 Å². The van der Waals surface area contributed by atoms with Gasteiger partial charge in [-0.1, -0.05) is 17.2 Å². The zero-order valence-corrected chi connectivity index (χ0v) is 45.3. The molecule has 422 valence electrons. The van der Waals surface area contributed by atoms with Crippen LogP contribution in [0.2, 0.25) is 0 Å². The van der Waals surface area contributed by atoms with Crippen molar-refractivity contribution in [1.82, 2.24) is 15.0 Å². The van der Waals surface area contributed by atoms with Crippen LogP contribution in [-0.4, -0.2) is 110 Å². The molecule has 0 aliphatic carbocycles. The van der Waals surface area contributed by atoms with Crippen LogP contribution < -0.4 is 31.0 Å². The highest BCUT2D eigenvalue weighted by Gasteiger charge is 2.26. The number of anilines is 6. The normalized spacial score (nSPS) is 12.3. The summed E-state index contributed by atoms with van der Waals surface area (Å²) in [6.45, 7) is 1.84. The number of aromatic nitrogens is 4. The molecular formula is C44H43N12O19S5+. The maximum absolute atomic E-state index is 13.2. The number of pyridine rings is 1. The van der Waals surface area contributed by atoms with Crippen molar-refractivity contribution in [2.75, 3.05) is 47.7 Å². The molecular weight excluding hydrogens is 1160 g/mol. The van der Waals surface area contributed by atoms with E-state index in [0.717, 1.165) is 43.0 Å². The number of phenols is 1. The molecule has 36 heteroatoms. The summed E-state index contributed by atoms with van der Waals surface area (Å²) < 4.78 is 145. The maximum Gasteiger partial charge on any atom is 0.444 e. The zero-order chi connectivity index (χ0) is 58.3. The predicted octanol–water partition coefficient (Wildman–Crippen LogP) is 6.93. The Morgan fingerprint density at radius 1 is 0.775 bits per heavy atom. The van der Waals surface area contributed by atoms with E-state index >= 15 is 0 Å². The lowest BCUT2D eigenvalue weighted by Gasteiger charge is -2.15. The SMILES string of the molecule is COc1cc(S(=O)(=O)CCOS(=O)(=O)O)c(C)cc1N=Nc1cc(S(=O)(=O)O)c(NCCC(=O)O)cc1Nc1nc(Nc2ccc(N=Nc3c(N)ccc4cc(SOOO)cc(O)c34)c(S(=O)(=O)O)c2)nc(-[n+]2cccc(C)c2)n1. The third-order valence-corrected chi connectivity index (χ3v) is 15.3. The molecule has 0 aliphatic rings. The first kappa shape index (κ1) is 59.5. The number of ether oxygens (including phenoxy) is 1. The molecule has 0 unspecified atom stereocenters. The summed E-state index contributed by atoms with van der Waals surface area (Å²) in [6, 6.07) is 16.8. The Balaban J connectivity index is 1.31. The number of hydrogen-bond donors (Lipinski definition) is 10. The second-order valence-electron chi connectivity index (χ2n) is 16.4. The fraction of sp³-hybridized carbons (Fsp3) is 0.159. The van der Waals surface area contributed by atoms with Gasteiger partial charge >= 0.3 is 34.2 Å². The third kappa shape index (κ3) is 15.2. The molecule has 0 saturated heterocycles. The van der Waals surface area contributed by atoms with E-state index in [1.807, 2.05) is 0 Å². The summed E-state index contributed by atoms with van der Waals surface area (Å²) in [4.78, 5) is 23.2. The van der Waals surface area contributed by atoms with Gasteiger partial charge in [-0.3, -0.25) is 18.5 Å². The molecule has 2 aromatic heterocycles. The molecule has 0 radical (unpaired) electrons. The number of phenolic OH excluding ortho intramolecular Hbond substituents is 1. The number of aliphatic carboxylic acids is 1. The molecule has 7 rings (SSSR count). The van der Waals surface area contributed by atoms with Crippen LogP contribution in [0, 0.1) is 13.8 Å². The second kappa shape index (κ2) is 24.5. The maximum atomic E-state index is 13.2. The van der Waals surface area contributed by atoms with Crippen molar-refractivity contribution in [3.63, 3.8) is 0 Å². The number of nitrogen functional groups attached to an aromatic ring is 1. The Labute approximate surface area is 457 Å². The minimum atomic E-state index is -5.13. The van der Waals surface area contributed by atoms with Gasteiger partial charge in [0, 0.05) is 23.2 Å². The number of nitrogens with two attached hydrogens (primary N) is 1. The number of azo groups is 2. The highest BCUT2D eigenvalue weighted by atomic mass is 32.3. The molecule has 2 heterocycles. The lowest BCUT2D eigenvalue weighted by Crippen LogP contribution is -2.33. The Morgan fingerprint density at radius 3 is 2.14 bits per heavy atom. The molecule has 0 amide bonds. The number of hydrogen-bond acceptors (Lipinski definition) is 27. The summed E-state index contributed by atoms with van der Waals surface area (Å²) in [5.74, 6) is -3.45. The van der Waals surface area contributed by atoms with E-state index in [-0.39, 0.29) is 91.5 Å². The first-order valence-corrected chi connectivity index (χ1v) is 28.8. The molecule has 0 aliphatic heterocycles. The van der Waals surface area contributed by atoms with Gasteiger partial charge in [0.1, 0.15) is 44.0 Å². The summed E-state index contributed by atoms with van der Waals surface area (Å²) in [5.41, 5.74) is 5.37. The van der Waals surface area contributed by atoms with Gasteiger partial charge in [0.15, 0.2) is 9.84 Å². The van der Waals surface area contributed by atoms with Gasteiger partial charge < -0.3 is 36.6 Å². The smallest absolute Gasteiger partial charge is 0.444 e. The lowest BCUT2D eigenvalue weighted by molar-refractivity contribution is -0.603. The molecule has 0 spiro atoms. The molecule has 11 N–H and O–H groups in total. The van der Waals surface area contributed by atoms with Gasteiger partial charge in [-0.2, -0.15) is 25.3 Å². The van der Waals surface area contributed by atoms with Crippen LogP contribution in [0.25, 0.3) is 16.7 Å². The highest BCUT2D eigenvalue weighted by Crippen LogP contribution is 2.43. The molecule has 5 aromatic carbocycles. The minimum Gasteiger partial charge on any atom is -0.507 e. The number of rotatable bonds is 24. The number of sulfone groups is 1. The lowest BCUT2D eigenvalue weighted by atomic mass is 10.1. The van der Waals surface area contributed by atoms with E-state index in [9.17, 15) is 57.8 Å². The predicted molar refractivity (Wildman–Crippen MR) is 282 cm³/mol. The Morgan fingerprint density at radius 2 is 1.48 bits per heavy atom. The minimum absolute atomic E-state index is 0.0130. The van der Waals surface area contributed by atoms with Crippen LogP contribution in [0.3, 0.4) is 0 Å². The van der Waals surface area contributed by atoms with Crippen molar-refractivity contribution < 1.29 is 90.5 Å². The topological polar surface area (TPSA) is 466 Å². The number of carboxylic acid groups (broad SMARTS) is 1. The van der Waals surface area contributed by atoms with Crippen molar-refractivity contribution >= 4 is 127 Å². The molecule has 7 aromatic rings. The number of carboxylic acids is 1. The Kier molecular flexibility index (Phi) is 18.2. The number of aryl methyl sites for hydroxylation is 2. The second-order valence-corrected chi connectivity index (χ2v) is 23.1. The van der Waals surface area contributed by atoms with E-state index in [1.165, 1.54) is 47.9 Å². The average Bonchev–Trinajstić information content (AvgIpc) is 3.36. The van der Waals surface area contributed by atoms with E-state index in [0.29, 0.717) is 22.3 Å². The summed E-state index contributed by atoms with van der Waals surface area (Å²) >= 11 is 0.568. The van der Waals surface area contributed by atoms with Crippen molar-refractivity contribution in [3.8, 4) is 17.4 Å². The standard InChI is InChI=1S/C44H42N12O19S5/c1-23-5-4-12-56(22-23)44-50-42(47-26-7-9-29(37(17-26)78(63,64)65)52-55-41-28(45)8-6-25-16-27(76-75-74-60)18-34(57)40(25)41)49-43(51-44)48-30-19-33(46-11-10-39(58)59)38(79(66,67)68)20-31(30)53-54-32-15-24(2)36(21-35(32)72-3)77(61,62)14-13-73-80(69,70)71/h4-9,12,15-22H,10-11,13-14H2,1-3H3,(H10-,45,46,47,48,49,50,51,52,53,54,55,57,58,59,60,63,64,65,66,67,68,69,70,71)/p+1. The number of carbonyl (C=O) groups is 1. The van der Waals surface area contributed by atoms with E-state index in [1.54, 1.807) is 31.5 Å². The van der Waals surface area contributed by atoms with E-state index in [4.69, 9.17) is 20.3 Å². The average molecular weight is 1200 g/mol. The van der Waals surface area contributed by atoms with Gasteiger partial charge in [0.2, 0.25) is 0 Å². The van der Waals surface area contributed by atoms with Crippen molar-refractivity contribution in [1.29, 1.82) is 0 Å². The van der Waals surface area contributed by atoms with Crippen LogP contribution in [0.5, 0.6) is 11.5 Å². The molecule has 0 fully saturated rings. The highest BCUT2D eigenvalue weighted by molar-refractivity contribution is 7.94. The van der Waals surface area contributed by atoms with E-state index in [2.05, 4.69) is 64.9 Å². The largest absolute Gasteiger partial charge is 0.507 e. The van der Waals surface area contributed by atoms with Gasteiger partial charge in [0.25, 0.3) is 20.2 Å². The third-order valence-electron chi connectivity index (χ3n) is 10.7. The molecule has 31 nitrogen and oxygen atoms in total. The number of aromatic hydroxyl groups is 1. The summed E-state index contributed by atoms with van der Waals surface area (Å²) in [6.07, 6.45) is 2.68. The van der Waals surface area contributed by atoms with Crippen molar-refractivity contribution in [3.05, 3.63) is 102 Å². The Bertz CT molecular complexity index is 4100. The van der Waals surface area contributed by atoms with E-state index < -0.39 is 80.7 Å². The quantitative estimate of drug-likeness (QED) is 0.00557. The summed E-state index contributed by atoms with van der Waals surface area (Å²) in [7, 11) is -18.3. The number of nitrogens with one attached hydrogen (secondary N) is 3. The van der Waals surface area contributed by atoms with Crippen LogP contribution in [0.15, 0.2) is 131 Å².